The molecule has 6 heteroatoms. The second-order valence-electron chi connectivity index (χ2n) is 4.46. The molecule has 0 aliphatic rings. The maximum absolute atomic E-state index is 12.6. The number of carbonyl (C=O) groups excluding carboxylic acids is 1. The zero-order valence-corrected chi connectivity index (χ0v) is 11.0. The molecular weight excluding hydrogens is 264 g/mol. The van der Waals surface area contributed by atoms with Crippen molar-refractivity contribution in [2.24, 2.45) is 0 Å². The summed E-state index contributed by atoms with van der Waals surface area (Å²) >= 11 is 0. The number of anilines is 1. The summed E-state index contributed by atoms with van der Waals surface area (Å²) < 4.78 is 25.2. The van der Waals surface area contributed by atoms with E-state index >= 15 is 0 Å². The summed E-state index contributed by atoms with van der Waals surface area (Å²) in [5, 5.41) is 6.15. The van der Waals surface area contributed by atoms with Gasteiger partial charge in [-0.15, -0.1) is 0 Å². The fraction of sp³-hybridized carbons (Fsp3) is 0.286. The Morgan fingerprint density at radius 2 is 1.95 bits per heavy atom. The third-order valence-corrected chi connectivity index (χ3v) is 2.71. The number of halogens is 2. The quantitative estimate of drug-likeness (QED) is 0.826. The van der Waals surface area contributed by atoms with Crippen LogP contribution in [-0.2, 0) is 4.79 Å². The molecule has 0 saturated heterocycles. The number of aromatic nitrogens is 1. The molecule has 0 aliphatic carbocycles. The Bertz CT molecular complexity index is 611. The van der Waals surface area contributed by atoms with Crippen LogP contribution in [0.2, 0.25) is 0 Å². The average Bonchev–Trinajstić information content (AvgIpc) is 2.42. The van der Waals surface area contributed by atoms with E-state index in [1.807, 2.05) is 30.3 Å². The third-order valence-electron chi connectivity index (χ3n) is 2.71. The molecule has 1 amide bonds. The molecule has 0 bridgehead atoms. The zero-order valence-electron chi connectivity index (χ0n) is 11.0. The molecule has 1 aromatic heterocycles. The van der Waals surface area contributed by atoms with Crippen LogP contribution in [0.15, 0.2) is 36.4 Å². The third kappa shape index (κ3) is 3.63. The lowest BCUT2D eigenvalue weighted by Crippen LogP contribution is -2.39. The molecule has 4 nitrogen and oxygen atoms in total. The molecule has 20 heavy (non-hydrogen) atoms. The van der Waals surface area contributed by atoms with Crippen LogP contribution in [0.5, 0.6) is 0 Å². The summed E-state index contributed by atoms with van der Waals surface area (Å²) in [4.78, 5) is 15.3. The van der Waals surface area contributed by atoms with E-state index < -0.39 is 11.8 Å². The largest absolute Gasteiger partial charge is 0.368 e. The van der Waals surface area contributed by atoms with Crippen molar-refractivity contribution >= 4 is 22.6 Å². The number of para-hydroxylation sites is 1. The zero-order chi connectivity index (χ0) is 14.6. The Kier molecular flexibility index (Phi) is 4.12. The van der Waals surface area contributed by atoms with Crippen molar-refractivity contribution in [3.8, 4) is 0 Å². The first kappa shape index (κ1) is 14.2. The van der Waals surface area contributed by atoms with Gasteiger partial charge in [0.1, 0.15) is 5.82 Å². The molecule has 0 aliphatic heterocycles. The molecule has 2 N–H and O–H groups in total. The molecule has 1 aromatic carbocycles. The molecule has 0 atom stereocenters. The first-order valence-corrected chi connectivity index (χ1v) is 6.22. The molecule has 1 heterocycles. The molecule has 0 radical (unpaired) electrons. The highest BCUT2D eigenvalue weighted by Crippen LogP contribution is 2.14. The number of benzene rings is 1. The van der Waals surface area contributed by atoms with Gasteiger partial charge in [-0.1, -0.05) is 18.2 Å². The SMILES string of the molecule is CC(F)(F)C(=O)NCCNc1ccc2ccccc2n1. The summed E-state index contributed by atoms with van der Waals surface area (Å²) in [6.07, 6.45) is 0. The van der Waals surface area contributed by atoms with Crippen LogP contribution in [0.25, 0.3) is 10.9 Å². The average molecular weight is 279 g/mol. The Balaban J connectivity index is 1.86. The normalized spacial score (nSPS) is 11.3. The van der Waals surface area contributed by atoms with Crippen molar-refractivity contribution < 1.29 is 13.6 Å². The van der Waals surface area contributed by atoms with Crippen molar-refractivity contribution in [3.05, 3.63) is 36.4 Å². The smallest absolute Gasteiger partial charge is 0.321 e. The molecule has 0 unspecified atom stereocenters. The highest BCUT2D eigenvalue weighted by molar-refractivity contribution is 5.83. The summed E-state index contributed by atoms with van der Waals surface area (Å²) in [6, 6.07) is 11.4. The van der Waals surface area contributed by atoms with Gasteiger partial charge in [-0.2, -0.15) is 8.78 Å². The minimum atomic E-state index is -3.35. The fourth-order valence-corrected chi connectivity index (χ4v) is 1.69. The Morgan fingerprint density at radius 3 is 2.70 bits per heavy atom. The first-order chi connectivity index (χ1) is 9.47. The Labute approximate surface area is 115 Å². The fourth-order valence-electron chi connectivity index (χ4n) is 1.69. The van der Waals surface area contributed by atoms with Crippen molar-refractivity contribution in [2.75, 3.05) is 18.4 Å². The van der Waals surface area contributed by atoms with E-state index in [9.17, 15) is 13.6 Å². The van der Waals surface area contributed by atoms with Crippen molar-refractivity contribution in [3.63, 3.8) is 0 Å². The minimum Gasteiger partial charge on any atom is -0.368 e. The van der Waals surface area contributed by atoms with Gasteiger partial charge in [0.05, 0.1) is 5.52 Å². The van der Waals surface area contributed by atoms with Gasteiger partial charge in [-0.3, -0.25) is 4.79 Å². The Hall–Kier alpha value is -2.24. The number of hydrogen-bond donors (Lipinski definition) is 2. The highest BCUT2D eigenvalue weighted by Gasteiger charge is 2.31. The van der Waals surface area contributed by atoms with E-state index in [1.54, 1.807) is 6.07 Å². The number of pyridine rings is 1. The maximum Gasteiger partial charge on any atom is 0.321 e. The minimum absolute atomic E-state index is 0.108. The first-order valence-electron chi connectivity index (χ1n) is 6.22. The van der Waals surface area contributed by atoms with Gasteiger partial charge >= 0.3 is 5.92 Å². The van der Waals surface area contributed by atoms with Crippen molar-refractivity contribution in [1.82, 2.24) is 10.3 Å². The highest BCUT2D eigenvalue weighted by atomic mass is 19.3. The maximum atomic E-state index is 12.6. The molecule has 0 fully saturated rings. The molecule has 2 aromatic rings. The second-order valence-corrected chi connectivity index (χ2v) is 4.46. The number of carbonyl (C=O) groups is 1. The Morgan fingerprint density at radius 1 is 1.20 bits per heavy atom. The summed E-state index contributed by atoms with van der Waals surface area (Å²) in [5.74, 6) is -3.98. The van der Waals surface area contributed by atoms with E-state index in [4.69, 9.17) is 0 Å². The second kappa shape index (κ2) is 5.81. The summed E-state index contributed by atoms with van der Waals surface area (Å²) in [7, 11) is 0. The van der Waals surface area contributed by atoms with Crippen LogP contribution in [0.3, 0.4) is 0 Å². The number of alkyl halides is 2. The number of rotatable bonds is 5. The van der Waals surface area contributed by atoms with Crippen LogP contribution in [0.1, 0.15) is 6.92 Å². The van der Waals surface area contributed by atoms with E-state index in [0.717, 1.165) is 10.9 Å². The van der Waals surface area contributed by atoms with Crippen molar-refractivity contribution in [2.45, 2.75) is 12.8 Å². The summed E-state index contributed by atoms with van der Waals surface area (Å²) in [5.41, 5.74) is 0.849. The van der Waals surface area contributed by atoms with E-state index in [1.165, 1.54) is 0 Å². The molecule has 2 rings (SSSR count). The monoisotopic (exact) mass is 279 g/mol. The van der Waals surface area contributed by atoms with Crippen LogP contribution in [0.4, 0.5) is 14.6 Å². The van der Waals surface area contributed by atoms with Gasteiger partial charge in [-0.25, -0.2) is 4.98 Å². The van der Waals surface area contributed by atoms with Crippen molar-refractivity contribution in [1.29, 1.82) is 0 Å². The number of fused-ring (bicyclic) bond motifs is 1. The standard InChI is InChI=1S/C14H15F2N3O/c1-14(15,16)13(20)18-9-8-17-12-7-6-10-4-2-3-5-11(10)19-12/h2-7H,8-9H2,1H3,(H,17,19)(H,18,20). The van der Waals surface area contributed by atoms with Crippen LogP contribution in [-0.4, -0.2) is 29.9 Å². The number of hydrogen-bond acceptors (Lipinski definition) is 3. The van der Waals surface area contributed by atoms with Gasteiger partial charge in [0.15, 0.2) is 0 Å². The summed E-state index contributed by atoms with van der Waals surface area (Å²) in [6.45, 7) is 1.00. The topological polar surface area (TPSA) is 54.0 Å². The lowest BCUT2D eigenvalue weighted by Gasteiger charge is -2.11. The molecule has 0 spiro atoms. The lowest BCUT2D eigenvalue weighted by atomic mass is 10.2. The van der Waals surface area contributed by atoms with E-state index in [-0.39, 0.29) is 6.54 Å². The predicted molar refractivity (Wildman–Crippen MR) is 73.9 cm³/mol. The molecular formula is C14H15F2N3O. The molecule has 106 valence electrons. The van der Waals surface area contributed by atoms with Gasteiger partial charge in [0, 0.05) is 25.4 Å². The van der Waals surface area contributed by atoms with Gasteiger partial charge in [0.2, 0.25) is 0 Å². The number of nitrogens with zero attached hydrogens (tertiary/aromatic N) is 1. The number of amides is 1. The lowest BCUT2D eigenvalue weighted by molar-refractivity contribution is -0.142. The van der Waals surface area contributed by atoms with Crippen LogP contribution in [0, 0.1) is 0 Å². The van der Waals surface area contributed by atoms with Crippen LogP contribution < -0.4 is 10.6 Å². The van der Waals surface area contributed by atoms with E-state index in [0.29, 0.717) is 19.3 Å². The predicted octanol–water partition coefficient (Wildman–Crippen LogP) is 2.42. The van der Waals surface area contributed by atoms with Gasteiger partial charge < -0.3 is 10.6 Å². The molecule has 0 saturated carbocycles. The van der Waals surface area contributed by atoms with Gasteiger partial charge in [-0.05, 0) is 18.2 Å². The van der Waals surface area contributed by atoms with Gasteiger partial charge in [0.25, 0.3) is 5.91 Å². The van der Waals surface area contributed by atoms with Crippen LogP contribution >= 0.6 is 0 Å². The van der Waals surface area contributed by atoms with E-state index in [2.05, 4.69) is 15.6 Å². The number of nitrogens with one attached hydrogen (secondary N) is 2.